The Hall–Kier alpha value is 0.0800. The third-order valence-electron chi connectivity index (χ3n) is 1.21. The van der Waals surface area contributed by atoms with E-state index in [1.165, 1.54) is 0 Å². The standard InChI is InChI=1S/C6H7Cl3O2/c1-2-6(9,5(10)11)3-4(7)8/h3H,2H2,1H3,(H,10,11). The highest BCUT2D eigenvalue weighted by atomic mass is 35.5. The van der Waals surface area contributed by atoms with Crippen LogP contribution in [0.5, 0.6) is 0 Å². The molecule has 0 bridgehead atoms. The second-order valence-electron chi connectivity index (χ2n) is 1.96. The lowest BCUT2D eigenvalue weighted by molar-refractivity contribution is -0.138. The number of halogens is 3. The van der Waals surface area contributed by atoms with Crippen LogP contribution in [0.1, 0.15) is 13.3 Å². The second-order valence-corrected chi connectivity index (χ2v) is 3.64. The minimum absolute atomic E-state index is 0.135. The molecule has 1 unspecified atom stereocenters. The van der Waals surface area contributed by atoms with Crippen molar-refractivity contribution in [1.82, 2.24) is 0 Å². The highest BCUT2D eigenvalue weighted by molar-refractivity contribution is 6.56. The van der Waals surface area contributed by atoms with Crippen molar-refractivity contribution in [2.45, 2.75) is 18.2 Å². The van der Waals surface area contributed by atoms with Crippen LogP contribution in [-0.2, 0) is 4.79 Å². The van der Waals surface area contributed by atoms with Crippen LogP contribution in [0.15, 0.2) is 10.6 Å². The highest BCUT2D eigenvalue weighted by Gasteiger charge is 2.31. The first-order chi connectivity index (χ1) is 4.92. The molecule has 0 aromatic carbocycles. The predicted molar refractivity (Wildman–Crippen MR) is 46.3 cm³/mol. The number of hydrogen-bond donors (Lipinski definition) is 1. The normalized spacial score (nSPS) is 15.3. The summed E-state index contributed by atoms with van der Waals surface area (Å²) in [6.07, 6.45) is 1.33. The van der Waals surface area contributed by atoms with Crippen molar-refractivity contribution in [2.75, 3.05) is 0 Å². The van der Waals surface area contributed by atoms with Crippen LogP contribution in [0.4, 0.5) is 0 Å². The first-order valence-electron chi connectivity index (χ1n) is 2.88. The van der Waals surface area contributed by atoms with Crippen LogP contribution in [0.2, 0.25) is 0 Å². The zero-order valence-electron chi connectivity index (χ0n) is 5.77. The van der Waals surface area contributed by atoms with Crippen molar-refractivity contribution in [2.24, 2.45) is 0 Å². The summed E-state index contributed by atoms with van der Waals surface area (Å²) in [6, 6.07) is 0. The summed E-state index contributed by atoms with van der Waals surface area (Å²) >= 11 is 16.1. The molecule has 0 aliphatic heterocycles. The van der Waals surface area contributed by atoms with Gasteiger partial charge in [-0.25, -0.2) is 4.79 Å². The Kier molecular flexibility index (Phi) is 4.22. The van der Waals surface area contributed by atoms with E-state index in [1.54, 1.807) is 6.92 Å². The van der Waals surface area contributed by atoms with Gasteiger partial charge in [-0.05, 0) is 12.5 Å². The van der Waals surface area contributed by atoms with Crippen LogP contribution in [0.25, 0.3) is 0 Å². The van der Waals surface area contributed by atoms with Gasteiger partial charge in [0.25, 0.3) is 0 Å². The first-order valence-corrected chi connectivity index (χ1v) is 4.02. The average molecular weight is 217 g/mol. The van der Waals surface area contributed by atoms with Crippen molar-refractivity contribution in [1.29, 1.82) is 0 Å². The lowest BCUT2D eigenvalue weighted by atomic mass is 10.1. The Morgan fingerprint density at radius 2 is 2.09 bits per heavy atom. The lowest BCUT2D eigenvalue weighted by Gasteiger charge is -2.14. The fourth-order valence-corrected chi connectivity index (χ4v) is 1.08. The minimum Gasteiger partial charge on any atom is -0.480 e. The zero-order chi connectivity index (χ0) is 9.07. The van der Waals surface area contributed by atoms with Crippen LogP contribution >= 0.6 is 34.8 Å². The van der Waals surface area contributed by atoms with Gasteiger partial charge in [-0.1, -0.05) is 30.1 Å². The van der Waals surface area contributed by atoms with Crippen molar-refractivity contribution in [3.63, 3.8) is 0 Å². The van der Waals surface area contributed by atoms with Gasteiger partial charge in [0.05, 0.1) is 0 Å². The summed E-state index contributed by atoms with van der Waals surface area (Å²) in [7, 11) is 0. The van der Waals surface area contributed by atoms with Gasteiger partial charge in [-0.2, -0.15) is 0 Å². The minimum atomic E-state index is -1.47. The smallest absolute Gasteiger partial charge is 0.328 e. The quantitative estimate of drug-likeness (QED) is 0.738. The van der Waals surface area contributed by atoms with E-state index in [0.717, 1.165) is 6.08 Å². The van der Waals surface area contributed by atoms with Gasteiger partial charge in [0.15, 0.2) is 4.87 Å². The molecule has 0 saturated carbocycles. The van der Waals surface area contributed by atoms with E-state index in [1.807, 2.05) is 0 Å². The predicted octanol–water partition coefficient (Wildman–Crippen LogP) is 2.78. The molecule has 0 rings (SSSR count). The summed E-state index contributed by atoms with van der Waals surface area (Å²) < 4.78 is -0.135. The Morgan fingerprint density at radius 3 is 2.18 bits per heavy atom. The molecule has 64 valence electrons. The van der Waals surface area contributed by atoms with Crippen molar-refractivity contribution in [3.8, 4) is 0 Å². The van der Waals surface area contributed by atoms with Crippen LogP contribution in [-0.4, -0.2) is 16.0 Å². The molecule has 0 aliphatic rings. The number of aliphatic carboxylic acids is 1. The Labute approximate surface area is 79.7 Å². The van der Waals surface area contributed by atoms with E-state index in [9.17, 15) is 4.79 Å². The average Bonchev–Trinajstić information content (AvgIpc) is 1.86. The molecule has 2 nitrogen and oxygen atoms in total. The number of alkyl halides is 1. The summed E-state index contributed by atoms with van der Waals surface area (Å²) in [5.41, 5.74) is 0. The van der Waals surface area contributed by atoms with Crippen LogP contribution in [0, 0.1) is 0 Å². The van der Waals surface area contributed by atoms with Gasteiger partial charge in [0.2, 0.25) is 0 Å². The van der Waals surface area contributed by atoms with Gasteiger partial charge in [-0.15, -0.1) is 11.6 Å². The molecule has 0 radical (unpaired) electrons. The van der Waals surface area contributed by atoms with Gasteiger partial charge in [0.1, 0.15) is 4.49 Å². The molecule has 0 heterocycles. The molecule has 0 fully saturated rings. The van der Waals surface area contributed by atoms with Gasteiger partial charge in [-0.3, -0.25) is 0 Å². The van der Waals surface area contributed by atoms with E-state index in [0.29, 0.717) is 0 Å². The fraction of sp³-hybridized carbons (Fsp3) is 0.500. The topological polar surface area (TPSA) is 37.3 Å². The third kappa shape index (κ3) is 3.32. The summed E-state index contributed by atoms with van der Waals surface area (Å²) in [5, 5.41) is 8.59. The number of hydrogen-bond acceptors (Lipinski definition) is 1. The lowest BCUT2D eigenvalue weighted by Crippen LogP contribution is -2.28. The number of carboxylic acid groups (broad SMARTS) is 1. The Morgan fingerprint density at radius 1 is 1.64 bits per heavy atom. The van der Waals surface area contributed by atoms with Gasteiger partial charge in [0, 0.05) is 0 Å². The van der Waals surface area contributed by atoms with Crippen molar-refractivity contribution < 1.29 is 9.90 Å². The SMILES string of the molecule is CCC(Cl)(C=C(Cl)Cl)C(=O)O. The molecule has 0 saturated heterocycles. The van der Waals surface area contributed by atoms with Gasteiger partial charge >= 0.3 is 5.97 Å². The Bertz CT molecular complexity index is 186. The maximum absolute atomic E-state index is 10.5. The van der Waals surface area contributed by atoms with E-state index >= 15 is 0 Å². The highest BCUT2D eigenvalue weighted by Crippen LogP contribution is 2.25. The van der Waals surface area contributed by atoms with E-state index in [2.05, 4.69) is 0 Å². The van der Waals surface area contributed by atoms with E-state index in [4.69, 9.17) is 39.9 Å². The molecule has 1 N–H and O–H groups in total. The number of carboxylic acids is 1. The van der Waals surface area contributed by atoms with Crippen LogP contribution in [0.3, 0.4) is 0 Å². The second kappa shape index (κ2) is 4.19. The van der Waals surface area contributed by atoms with E-state index < -0.39 is 10.8 Å². The first kappa shape index (κ1) is 11.1. The molecule has 5 heteroatoms. The third-order valence-corrected chi connectivity index (χ3v) is 1.96. The number of rotatable bonds is 3. The molecule has 0 amide bonds. The molecule has 0 aromatic heterocycles. The number of carbonyl (C=O) groups is 1. The summed E-state index contributed by atoms with van der Waals surface area (Å²) in [5.74, 6) is -1.15. The summed E-state index contributed by atoms with van der Waals surface area (Å²) in [4.78, 5) is 9.02. The van der Waals surface area contributed by atoms with Crippen molar-refractivity contribution in [3.05, 3.63) is 10.6 Å². The fourth-order valence-electron chi connectivity index (χ4n) is 0.488. The van der Waals surface area contributed by atoms with Crippen LogP contribution < -0.4 is 0 Å². The molecule has 0 aromatic rings. The zero-order valence-corrected chi connectivity index (χ0v) is 8.04. The van der Waals surface area contributed by atoms with E-state index in [-0.39, 0.29) is 10.9 Å². The van der Waals surface area contributed by atoms with Crippen molar-refractivity contribution >= 4 is 40.8 Å². The summed E-state index contributed by atoms with van der Waals surface area (Å²) in [6.45, 7) is 1.63. The molecule has 0 spiro atoms. The maximum atomic E-state index is 10.5. The molecule has 11 heavy (non-hydrogen) atoms. The molecule has 0 aliphatic carbocycles. The monoisotopic (exact) mass is 216 g/mol. The Balaban J connectivity index is 4.62. The largest absolute Gasteiger partial charge is 0.480 e. The molecular weight excluding hydrogens is 210 g/mol. The van der Waals surface area contributed by atoms with Gasteiger partial charge < -0.3 is 5.11 Å². The maximum Gasteiger partial charge on any atom is 0.328 e. The molecule has 1 atom stereocenters. The molecular formula is C6H7Cl3O2.